The highest BCUT2D eigenvalue weighted by molar-refractivity contribution is 6.32. The molecule has 0 spiro atoms. The largest absolute Gasteiger partial charge is 0.495 e. The summed E-state index contributed by atoms with van der Waals surface area (Å²) in [6.07, 6.45) is 7.00. The van der Waals surface area contributed by atoms with Crippen LogP contribution in [-0.2, 0) is 0 Å². The molecule has 10 heteroatoms. The van der Waals surface area contributed by atoms with Crippen LogP contribution in [0.25, 0.3) is 0 Å². The number of rotatable bonds is 7. The molecule has 3 heterocycles. The minimum Gasteiger partial charge on any atom is -0.495 e. The molecule has 0 amide bonds. The fourth-order valence-electron chi connectivity index (χ4n) is 4.13. The maximum Gasteiger partial charge on any atom is 0.246 e. The SMILES string of the molecule is COc1ccc(Nc2nc(NC3CCNCC3)nc(N(C)N3CCCCCC3)n2)cc1Cl. The van der Waals surface area contributed by atoms with Crippen molar-refractivity contribution in [2.75, 3.05) is 56.0 Å². The number of piperidine rings is 1. The zero-order valence-corrected chi connectivity index (χ0v) is 19.7. The van der Waals surface area contributed by atoms with E-state index in [0.717, 1.165) is 44.7 Å². The lowest BCUT2D eigenvalue weighted by molar-refractivity contribution is 0.270. The Labute approximate surface area is 194 Å². The van der Waals surface area contributed by atoms with Crippen LogP contribution in [0.5, 0.6) is 5.75 Å². The summed E-state index contributed by atoms with van der Waals surface area (Å²) >= 11 is 6.30. The first-order chi connectivity index (χ1) is 15.6. The molecular weight excluding hydrogens is 428 g/mol. The Balaban J connectivity index is 1.59. The van der Waals surface area contributed by atoms with Crippen LogP contribution in [0.3, 0.4) is 0 Å². The number of anilines is 4. The van der Waals surface area contributed by atoms with Gasteiger partial charge >= 0.3 is 0 Å². The predicted molar refractivity (Wildman–Crippen MR) is 129 cm³/mol. The smallest absolute Gasteiger partial charge is 0.246 e. The van der Waals surface area contributed by atoms with Gasteiger partial charge in [-0.3, -0.25) is 5.01 Å². The summed E-state index contributed by atoms with van der Waals surface area (Å²) in [5.41, 5.74) is 0.790. The normalized spacial score (nSPS) is 18.1. The molecule has 4 rings (SSSR count). The number of nitrogens with zero attached hydrogens (tertiary/aromatic N) is 5. The summed E-state index contributed by atoms with van der Waals surface area (Å²) in [5.74, 6) is 2.32. The average Bonchev–Trinajstić information content (AvgIpc) is 3.09. The van der Waals surface area contributed by atoms with Crippen LogP contribution in [0, 0.1) is 0 Å². The van der Waals surface area contributed by atoms with Crippen molar-refractivity contribution < 1.29 is 4.74 Å². The van der Waals surface area contributed by atoms with E-state index in [0.29, 0.717) is 34.7 Å². The van der Waals surface area contributed by atoms with Crippen LogP contribution in [0.15, 0.2) is 18.2 Å². The zero-order chi connectivity index (χ0) is 22.3. The van der Waals surface area contributed by atoms with Crippen LogP contribution in [0.1, 0.15) is 38.5 Å². The van der Waals surface area contributed by atoms with E-state index in [-0.39, 0.29) is 0 Å². The zero-order valence-electron chi connectivity index (χ0n) is 18.9. The van der Waals surface area contributed by atoms with Crippen molar-refractivity contribution in [2.24, 2.45) is 0 Å². The summed E-state index contributed by atoms with van der Waals surface area (Å²) in [5, 5.41) is 15.1. The van der Waals surface area contributed by atoms with Gasteiger partial charge in [-0.15, -0.1) is 0 Å². The van der Waals surface area contributed by atoms with Crippen molar-refractivity contribution in [3.8, 4) is 5.75 Å². The topological polar surface area (TPSA) is 90.5 Å². The van der Waals surface area contributed by atoms with Gasteiger partial charge in [0.05, 0.1) is 12.1 Å². The molecule has 32 heavy (non-hydrogen) atoms. The summed E-state index contributed by atoms with van der Waals surface area (Å²) in [6, 6.07) is 5.87. The maximum absolute atomic E-state index is 6.30. The van der Waals surface area contributed by atoms with Crippen LogP contribution in [0.2, 0.25) is 5.02 Å². The van der Waals surface area contributed by atoms with E-state index in [1.54, 1.807) is 7.11 Å². The molecule has 2 aliphatic heterocycles. The molecule has 2 fully saturated rings. The number of hydrogen-bond acceptors (Lipinski definition) is 9. The van der Waals surface area contributed by atoms with Crippen molar-refractivity contribution in [1.29, 1.82) is 0 Å². The fourth-order valence-corrected chi connectivity index (χ4v) is 4.39. The number of hydrogen-bond donors (Lipinski definition) is 3. The van der Waals surface area contributed by atoms with Crippen molar-refractivity contribution in [3.63, 3.8) is 0 Å². The molecule has 0 radical (unpaired) electrons. The van der Waals surface area contributed by atoms with E-state index in [1.165, 1.54) is 25.7 Å². The number of aromatic nitrogens is 3. The summed E-state index contributed by atoms with van der Waals surface area (Å²) in [6.45, 7) is 4.02. The highest BCUT2D eigenvalue weighted by atomic mass is 35.5. The van der Waals surface area contributed by atoms with Gasteiger partial charge in [0, 0.05) is 31.9 Å². The Morgan fingerprint density at radius 3 is 2.47 bits per heavy atom. The monoisotopic (exact) mass is 460 g/mol. The predicted octanol–water partition coefficient (Wildman–Crippen LogP) is 3.67. The Hall–Kier alpha value is -2.36. The molecule has 2 saturated heterocycles. The summed E-state index contributed by atoms with van der Waals surface area (Å²) < 4.78 is 5.25. The molecule has 2 aromatic rings. The highest BCUT2D eigenvalue weighted by Gasteiger charge is 2.20. The van der Waals surface area contributed by atoms with Gasteiger partial charge in [-0.2, -0.15) is 15.0 Å². The van der Waals surface area contributed by atoms with Gasteiger partial charge in [-0.1, -0.05) is 24.4 Å². The molecule has 174 valence electrons. The summed E-state index contributed by atoms with van der Waals surface area (Å²) in [7, 11) is 3.63. The second-order valence-corrected chi connectivity index (χ2v) is 8.72. The maximum atomic E-state index is 6.30. The highest BCUT2D eigenvalue weighted by Crippen LogP contribution is 2.29. The molecule has 9 nitrogen and oxygen atoms in total. The number of halogens is 1. The minimum atomic E-state index is 0.346. The lowest BCUT2D eigenvalue weighted by Gasteiger charge is -2.31. The van der Waals surface area contributed by atoms with E-state index in [4.69, 9.17) is 26.3 Å². The third kappa shape index (κ3) is 5.90. The van der Waals surface area contributed by atoms with Gasteiger partial charge in [0.25, 0.3) is 0 Å². The fraction of sp³-hybridized carbons (Fsp3) is 0.591. The quantitative estimate of drug-likeness (QED) is 0.572. The molecule has 1 aromatic heterocycles. The standard InChI is InChI=1S/C22H33ClN8O/c1-30(31-13-5-3-4-6-14-31)22-28-20(25-16-9-11-24-12-10-16)27-21(29-22)26-17-7-8-19(32-2)18(23)15-17/h7-8,15-16,24H,3-6,9-14H2,1-2H3,(H2,25,26,27,28,29). The lowest BCUT2D eigenvalue weighted by atomic mass is 10.1. The van der Waals surface area contributed by atoms with Gasteiger partial charge in [0.2, 0.25) is 17.8 Å². The molecule has 0 atom stereocenters. The Morgan fingerprint density at radius 1 is 1.06 bits per heavy atom. The van der Waals surface area contributed by atoms with Gasteiger partial charge in [0.15, 0.2) is 0 Å². The van der Waals surface area contributed by atoms with E-state index in [2.05, 4.69) is 31.0 Å². The van der Waals surface area contributed by atoms with Gasteiger partial charge in [-0.05, 0) is 57.0 Å². The van der Waals surface area contributed by atoms with Crippen molar-refractivity contribution in [2.45, 2.75) is 44.6 Å². The molecule has 3 N–H and O–H groups in total. The van der Waals surface area contributed by atoms with Crippen LogP contribution >= 0.6 is 11.6 Å². The Bertz CT molecular complexity index is 884. The molecule has 0 saturated carbocycles. The molecule has 0 unspecified atom stereocenters. The van der Waals surface area contributed by atoms with Crippen molar-refractivity contribution in [1.82, 2.24) is 25.3 Å². The van der Waals surface area contributed by atoms with Gasteiger partial charge in [0.1, 0.15) is 5.75 Å². The van der Waals surface area contributed by atoms with E-state index in [1.807, 2.05) is 25.2 Å². The van der Waals surface area contributed by atoms with E-state index < -0.39 is 0 Å². The number of ether oxygens (including phenoxy) is 1. The lowest BCUT2D eigenvalue weighted by Crippen LogP contribution is -2.42. The Morgan fingerprint density at radius 2 is 1.78 bits per heavy atom. The first kappa shape index (κ1) is 22.8. The van der Waals surface area contributed by atoms with Gasteiger partial charge in [-0.25, -0.2) is 5.01 Å². The average molecular weight is 461 g/mol. The second kappa shape index (κ2) is 11.0. The van der Waals surface area contributed by atoms with Gasteiger partial charge < -0.3 is 20.7 Å². The first-order valence-electron chi connectivity index (χ1n) is 11.4. The van der Waals surface area contributed by atoms with E-state index >= 15 is 0 Å². The number of nitrogens with one attached hydrogen (secondary N) is 3. The third-order valence-corrected chi connectivity index (χ3v) is 6.30. The van der Waals surface area contributed by atoms with Crippen molar-refractivity contribution in [3.05, 3.63) is 23.2 Å². The molecule has 0 bridgehead atoms. The number of hydrazine groups is 1. The van der Waals surface area contributed by atoms with Crippen molar-refractivity contribution >= 4 is 35.1 Å². The van der Waals surface area contributed by atoms with Crippen LogP contribution in [0.4, 0.5) is 23.5 Å². The van der Waals surface area contributed by atoms with E-state index in [9.17, 15) is 0 Å². The molecular formula is C22H33ClN8O. The molecule has 0 aliphatic carbocycles. The third-order valence-electron chi connectivity index (χ3n) is 6.00. The summed E-state index contributed by atoms with van der Waals surface area (Å²) in [4.78, 5) is 14.1. The first-order valence-corrected chi connectivity index (χ1v) is 11.8. The molecule has 2 aliphatic rings. The van der Waals surface area contributed by atoms with Crippen LogP contribution < -0.4 is 25.7 Å². The second-order valence-electron chi connectivity index (χ2n) is 8.32. The Kier molecular flexibility index (Phi) is 7.83. The van der Waals surface area contributed by atoms with Crippen LogP contribution in [-0.4, -0.2) is 66.3 Å². The number of methoxy groups -OCH3 is 1. The number of benzene rings is 1. The minimum absolute atomic E-state index is 0.346. The molecule has 1 aromatic carbocycles.